The molecule has 1 fully saturated rings. The van der Waals surface area contributed by atoms with Gasteiger partial charge in [0.25, 0.3) is 11.1 Å². The molecule has 9 heteroatoms. The van der Waals surface area contributed by atoms with Gasteiger partial charge in [-0.25, -0.2) is 4.79 Å². The fourth-order valence-corrected chi connectivity index (χ4v) is 4.84. The molecule has 0 N–H and O–H groups in total. The summed E-state index contributed by atoms with van der Waals surface area (Å²) in [5.41, 5.74) is 2.90. The summed E-state index contributed by atoms with van der Waals surface area (Å²) >= 11 is 2.95. The Kier molecular flexibility index (Phi) is 8.41. The molecular formula is C24H24INO6S. The van der Waals surface area contributed by atoms with Crippen LogP contribution < -0.4 is 9.47 Å². The van der Waals surface area contributed by atoms with Crippen molar-refractivity contribution >= 4 is 57.5 Å². The second-order valence-electron chi connectivity index (χ2n) is 7.29. The average Bonchev–Trinajstić information content (AvgIpc) is 3.06. The van der Waals surface area contributed by atoms with Crippen LogP contribution >= 0.6 is 34.4 Å². The third-order valence-corrected chi connectivity index (χ3v) is 6.57. The molecule has 1 atom stereocenters. The molecule has 1 saturated heterocycles. The lowest BCUT2D eigenvalue weighted by Crippen LogP contribution is -2.42. The van der Waals surface area contributed by atoms with Crippen LogP contribution in [0, 0.1) is 10.5 Å². The van der Waals surface area contributed by atoms with Crippen molar-refractivity contribution in [3.63, 3.8) is 0 Å². The van der Waals surface area contributed by atoms with E-state index in [0.717, 1.165) is 25.8 Å². The zero-order valence-corrected chi connectivity index (χ0v) is 21.7. The molecule has 7 nitrogen and oxygen atoms in total. The molecule has 2 amide bonds. The van der Waals surface area contributed by atoms with Gasteiger partial charge in [0.2, 0.25) is 0 Å². The molecule has 0 spiro atoms. The standard InChI is InChI=1S/C24H24INO6S/c1-5-31-19-11-17(10-18(25)21(19)32-13-16-8-6-14(2)7-9-16)12-20-22(27)26(24(29)33-20)15(3)23(28)30-4/h6-12,15H,5,13H2,1-4H3/b20-12+/t15-/m1/s1. The molecule has 0 bridgehead atoms. The molecule has 0 saturated carbocycles. The second-order valence-corrected chi connectivity index (χ2v) is 9.44. The fraction of sp³-hybridized carbons (Fsp3) is 0.292. The van der Waals surface area contributed by atoms with E-state index in [0.29, 0.717) is 30.3 Å². The van der Waals surface area contributed by atoms with E-state index in [1.807, 2.05) is 44.2 Å². The molecule has 0 aliphatic carbocycles. The van der Waals surface area contributed by atoms with Gasteiger partial charge in [-0.2, -0.15) is 0 Å². The minimum atomic E-state index is -0.995. The van der Waals surface area contributed by atoms with Gasteiger partial charge in [-0.1, -0.05) is 29.8 Å². The van der Waals surface area contributed by atoms with Crippen molar-refractivity contribution in [2.24, 2.45) is 0 Å². The maximum absolute atomic E-state index is 12.8. The topological polar surface area (TPSA) is 82.1 Å². The number of thioether (sulfide) groups is 1. The maximum atomic E-state index is 12.8. The number of carbonyl (C=O) groups is 3. The van der Waals surface area contributed by atoms with E-state index in [9.17, 15) is 14.4 Å². The molecule has 1 aliphatic rings. The summed E-state index contributed by atoms with van der Waals surface area (Å²) in [5.74, 6) is -0.0233. The molecule has 0 aromatic heterocycles. The summed E-state index contributed by atoms with van der Waals surface area (Å²) in [6.45, 7) is 6.20. The van der Waals surface area contributed by atoms with Gasteiger partial charge < -0.3 is 14.2 Å². The largest absolute Gasteiger partial charge is 0.490 e. The van der Waals surface area contributed by atoms with Crippen LogP contribution in [-0.4, -0.2) is 41.8 Å². The average molecular weight is 581 g/mol. The van der Waals surface area contributed by atoms with Crippen LogP contribution in [0.5, 0.6) is 11.5 Å². The van der Waals surface area contributed by atoms with Gasteiger partial charge in [0.15, 0.2) is 11.5 Å². The first-order chi connectivity index (χ1) is 15.7. The van der Waals surface area contributed by atoms with Crippen LogP contribution in [0.2, 0.25) is 0 Å². The number of hydrogen-bond donors (Lipinski definition) is 0. The Hall–Kier alpha value is -2.53. The molecule has 33 heavy (non-hydrogen) atoms. The summed E-state index contributed by atoms with van der Waals surface area (Å²) in [7, 11) is 1.22. The van der Waals surface area contributed by atoms with Crippen molar-refractivity contribution in [2.75, 3.05) is 13.7 Å². The number of benzene rings is 2. The second kappa shape index (κ2) is 11.1. The van der Waals surface area contributed by atoms with Gasteiger partial charge in [-0.3, -0.25) is 14.5 Å². The highest BCUT2D eigenvalue weighted by molar-refractivity contribution is 14.1. The molecule has 2 aromatic rings. The zero-order chi connectivity index (χ0) is 24.1. The van der Waals surface area contributed by atoms with Crippen LogP contribution in [0.3, 0.4) is 0 Å². The lowest BCUT2D eigenvalue weighted by Gasteiger charge is -2.18. The number of ether oxygens (including phenoxy) is 3. The molecule has 3 rings (SSSR count). The SMILES string of the molecule is CCOc1cc(/C=C2/SC(=O)N([C@H](C)C(=O)OC)C2=O)cc(I)c1OCc1ccc(C)cc1. The third-order valence-electron chi connectivity index (χ3n) is 4.89. The van der Waals surface area contributed by atoms with Crippen molar-refractivity contribution in [3.8, 4) is 11.5 Å². The summed E-state index contributed by atoms with van der Waals surface area (Å²) in [6, 6.07) is 10.7. The Morgan fingerprint density at radius 2 is 1.88 bits per heavy atom. The fourth-order valence-electron chi connectivity index (χ4n) is 3.16. The molecule has 1 aliphatic heterocycles. The summed E-state index contributed by atoms with van der Waals surface area (Å²) in [5, 5.41) is -0.512. The van der Waals surface area contributed by atoms with Crippen molar-refractivity contribution in [3.05, 3.63) is 61.6 Å². The normalized spacial score (nSPS) is 15.7. The Bertz CT molecular complexity index is 1100. The zero-order valence-electron chi connectivity index (χ0n) is 18.7. The summed E-state index contributed by atoms with van der Waals surface area (Å²) < 4.78 is 17.3. The van der Waals surface area contributed by atoms with Crippen molar-refractivity contribution in [1.82, 2.24) is 4.90 Å². The molecule has 0 unspecified atom stereocenters. The first-order valence-corrected chi connectivity index (χ1v) is 12.1. The minimum Gasteiger partial charge on any atom is -0.490 e. The lowest BCUT2D eigenvalue weighted by molar-refractivity contribution is -0.148. The van der Waals surface area contributed by atoms with E-state index >= 15 is 0 Å². The predicted octanol–water partition coefficient (Wildman–Crippen LogP) is 5.18. The third kappa shape index (κ3) is 5.89. The van der Waals surface area contributed by atoms with E-state index < -0.39 is 23.2 Å². The Labute approximate surface area is 210 Å². The quantitative estimate of drug-likeness (QED) is 0.242. The predicted molar refractivity (Wildman–Crippen MR) is 135 cm³/mol. The maximum Gasteiger partial charge on any atom is 0.328 e. The lowest BCUT2D eigenvalue weighted by atomic mass is 10.1. The highest BCUT2D eigenvalue weighted by Gasteiger charge is 2.41. The molecule has 2 aromatic carbocycles. The van der Waals surface area contributed by atoms with Crippen LogP contribution in [-0.2, 0) is 20.9 Å². The van der Waals surface area contributed by atoms with E-state index in [-0.39, 0.29) is 4.91 Å². The molecule has 0 radical (unpaired) electrons. The van der Waals surface area contributed by atoms with Gasteiger partial charge in [-0.05, 0) is 84.5 Å². The van der Waals surface area contributed by atoms with Gasteiger partial charge in [0.1, 0.15) is 12.6 Å². The number of aryl methyl sites for hydroxylation is 1. The van der Waals surface area contributed by atoms with Crippen molar-refractivity contribution in [2.45, 2.75) is 33.4 Å². The van der Waals surface area contributed by atoms with Gasteiger partial charge in [-0.15, -0.1) is 0 Å². The van der Waals surface area contributed by atoms with E-state index in [2.05, 4.69) is 27.3 Å². The van der Waals surface area contributed by atoms with Gasteiger partial charge >= 0.3 is 5.97 Å². The Morgan fingerprint density at radius 3 is 2.52 bits per heavy atom. The molecular weight excluding hydrogens is 557 g/mol. The van der Waals surface area contributed by atoms with Crippen LogP contribution in [0.4, 0.5) is 4.79 Å². The summed E-state index contributed by atoms with van der Waals surface area (Å²) in [6.07, 6.45) is 1.61. The number of methoxy groups -OCH3 is 1. The van der Waals surface area contributed by atoms with Gasteiger partial charge in [0.05, 0.1) is 22.2 Å². The van der Waals surface area contributed by atoms with E-state index in [4.69, 9.17) is 9.47 Å². The van der Waals surface area contributed by atoms with Gasteiger partial charge in [0, 0.05) is 0 Å². The van der Waals surface area contributed by atoms with Crippen LogP contribution in [0.1, 0.15) is 30.5 Å². The highest BCUT2D eigenvalue weighted by atomic mass is 127. The van der Waals surface area contributed by atoms with E-state index in [1.165, 1.54) is 19.6 Å². The first-order valence-electron chi connectivity index (χ1n) is 10.2. The number of rotatable bonds is 8. The number of imide groups is 1. The smallest absolute Gasteiger partial charge is 0.328 e. The Balaban J connectivity index is 1.86. The number of carbonyl (C=O) groups excluding carboxylic acids is 3. The number of esters is 1. The number of nitrogens with zero attached hydrogens (tertiary/aromatic N) is 1. The number of hydrogen-bond acceptors (Lipinski definition) is 7. The van der Waals surface area contributed by atoms with Crippen molar-refractivity contribution in [1.29, 1.82) is 0 Å². The van der Waals surface area contributed by atoms with E-state index in [1.54, 1.807) is 12.1 Å². The highest BCUT2D eigenvalue weighted by Crippen LogP contribution is 2.38. The molecule has 1 heterocycles. The van der Waals surface area contributed by atoms with Crippen LogP contribution in [0.25, 0.3) is 6.08 Å². The molecule has 174 valence electrons. The number of halogens is 1. The monoisotopic (exact) mass is 581 g/mol. The van der Waals surface area contributed by atoms with Crippen LogP contribution in [0.15, 0.2) is 41.3 Å². The Morgan fingerprint density at radius 1 is 1.18 bits per heavy atom. The first kappa shape index (κ1) is 25.1. The van der Waals surface area contributed by atoms with Crippen molar-refractivity contribution < 1.29 is 28.6 Å². The number of amides is 2. The minimum absolute atomic E-state index is 0.224. The summed E-state index contributed by atoms with van der Waals surface area (Å²) in [4.78, 5) is 38.1.